The first-order valence-corrected chi connectivity index (χ1v) is 8.88. The number of aliphatic hydroxyl groups excluding tert-OH is 1. The van der Waals surface area contributed by atoms with Crippen LogP contribution in [0, 0.1) is 5.82 Å². The van der Waals surface area contributed by atoms with Gasteiger partial charge in [0.2, 0.25) is 0 Å². The number of benzene rings is 2. The molecule has 138 valence electrons. The molecular formula is C21H23FO4. The van der Waals surface area contributed by atoms with E-state index in [0.717, 1.165) is 18.4 Å². The fraction of sp³-hybridized carbons (Fsp3) is 0.381. The summed E-state index contributed by atoms with van der Waals surface area (Å²) in [6.45, 7) is 1.41. The first-order chi connectivity index (χ1) is 12.6. The Hall–Kier alpha value is -2.24. The van der Waals surface area contributed by atoms with Gasteiger partial charge < -0.3 is 14.6 Å². The molecule has 0 saturated carbocycles. The molecular weight excluding hydrogens is 335 g/mol. The maximum atomic E-state index is 14.4. The first-order valence-electron chi connectivity index (χ1n) is 8.88. The van der Waals surface area contributed by atoms with Crippen LogP contribution in [0.4, 0.5) is 4.39 Å². The van der Waals surface area contributed by atoms with Gasteiger partial charge in [0.25, 0.3) is 0 Å². The third-order valence-electron chi connectivity index (χ3n) is 4.65. The van der Waals surface area contributed by atoms with Crippen LogP contribution in [0.2, 0.25) is 0 Å². The van der Waals surface area contributed by atoms with Gasteiger partial charge in [-0.3, -0.25) is 0 Å². The average molecular weight is 358 g/mol. The van der Waals surface area contributed by atoms with E-state index >= 15 is 0 Å². The Bertz CT molecular complexity index is 726. The van der Waals surface area contributed by atoms with E-state index in [4.69, 9.17) is 9.47 Å². The van der Waals surface area contributed by atoms with E-state index in [2.05, 4.69) is 0 Å². The molecule has 26 heavy (non-hydrogen) atoms. The highest BCUT2D eigenvalue weighted by atomic mass is 19.1. The number of halogens is 1. The van der Waals surface area contributed by atoms with Crippen LogP contribution >= 0.6 is 0 Å². The van der Waals surface area contributed by atoms with Gasteiger partial charge in [-0.25, -0.2) is 9.18 Å². The normalized spacial score (nSPS) is 16.2. The van der Waals surface area contributed by atoms with Gasteiger partial charge in [-0.15, -0.1) is 0 Å². The van der Waals surface area contributed by atoms with Crippen molar-refractivity contribution in [3.05, 3.63) is 71.0 Å². The van der Waals surface area contributed by atoms with Crippen molar-refractivity contribution in [2.75, 3.05) is 13.2 Å². The lowest BCUT2D eigenvalue weighted by atomic mass is 9.90. The molecule has 1 heterocycles. The van der Waals surface area contributed by atoms with Crippen LogP contribution in [0.15, 0.2) is 48.5 Å². The zero-order valence-electron chi connectivity index (χ0n) is 14.6. The summed E-state index contributed by atoms with van der Waals surface area (Å²) in [7, 11) is 0. The minimum Gasteiger partial charge on any atom is -0.459 e. The molecule has 0 radical (unpaired) electrons. The van der Waals surface area contributed by atoms with E-state index in [-0.39, 0.29) is 24.8 Å². The van der Waals surface area contributed by atoms with Crippen LogP contribution in [0.3, 0.4) is 0 Å². The van der Waals surface area contributed by atoms with Crippen LogP contribution in [-0.4, -0.2) is 30.4 Å². The molecule has 0 unspecified atom stereocenters. The van der Waals surface area contributed by atoms with Crippen LogP contribution < -0.4 is 0 Å². The van der Waals surface area contributed by atoms with E-state index in [1.807, 2.05) is 30.3 Å². The molecule has 1 N–H and O–H groups in total. The summed E-state index contributed by atoms with van der Waals surface area (Å²) in [5, 5.41) is 10.0. The zero-order chi connectivity index (χ0) is 18.4. The lowest BCUT2D eigenvalue weighted by Gasteiger charge is -2.23. The second kappa shape index (κ2) is 8.92. The molecule has 1 atom stereocenters. The van der Waals surface area contributed by atoms with E-state index < -0.39 is 12.1 Å². The van der Waals surface area contributed by atoms with Crippen molar-refractivity contribution < 1.29 is 23.8 Å². The van der Waals surface area contributed by atoms with Crippen molar-refractivity contribution in [2.24, 2.45) is 0 Å². The van der Waals surface area contributed by atoms with Crippen molar-refractivity contribution >= 4 is 5.97 Å². The molecule has 0 spiro atoms. The van der Waals surface area contributed by atoms with E-state index in [1.54, 1.807) is 12.1 Å². The standard InChI is InChI=1S/C21H23FO4/c22-19-12-16(6-7-18(19)17-8-10-25-11-9-17)13-20(23)21(24)26-14-15-4-2-1-3-5-15/h1-7,12,17,20,23H,8-11,13-14H2/t20-/m1/s1. The van der Waals surface area contributed by atoms with Gasteiger partial charge in [-0.05, 0) is 41.5 Å². The monoisotopic (exact) mass is 358 g/mol. The Morgan fingerprint density at radius 2 is 1.88 bits per heavy atom. The highest BCUT2D eigenvalue weighted by Gasteiger charge is 2.21. The van der Waals surface area contributed by atoms with Crippen LogP contribution in [0.25, 0.3) is 0 Å². The second-order valence-corrected chi connectivity index (χ2v) is 6.56. The SMILES string of the molecule is O=C(OCc1ccccc1)[C@H](O)Cc1ccc(C2CCOCC2)c(F)c1. The van der Waals surface area contributed by atoms with Crippen molar-refractivity contribution in [1.82, 2.24) is 0 Å². The molecule has 3 rings (SSSR count). The highest BCUT2D eigenvalue weighted by Crippen LogP contribution is 2.29. The number of ether oxygens (including phenoxy) is 2. The molecule has 2 aromatic carbocycles. The van der Waals surface area contributed by atoms with Gasteiger partial charge in [0.1, 0.15) is 12.4 Å². The Morgan fingerprint density at radius 3 is 2.58 bits per heavy atom. The fourth-order valence-corrected chi connectivity index (χ4v) is 3.17. The topological polar surface area (TPSA) is 55.8 Å². The van der Waals surface area contributed by atoms with Gasteiger partial charge in [0, 0.05) is 19.6 Å². The van der Waals surface area contributed by atoms with Crippen molar-refractivity contribution in [1.29, 1.82) is 0 Å². The molecule has 1 saturated heterocycles. The first kappa shape index (κ1) is 18.5. The molecule has 0 bridgehead atoms. The summed E-state index contributed by atoms with van der Waals surface area (Å²) in [4.78, 5) is 11.9. The maximum absolute atomic E-state index is 14.4. The lowest BCUT2D eigenvalue weighted by Crippen LogP contribution is -2.25. The molecule has 1 fully saturated rings. The molecule has 0 aromatic heterocycles. The summed E-state index contributed by atoms with van der Waals surface area (Å²) in [6, 6.07) is 14.2. The Morgan fingerprint density at radius 1 is 1.15 bits per heavy atom. The smallest absolute Gasteiger partial charge is 0.335 e. The summed E-state index contributed by atoms with van der Waals surface area (Å²) in [5.74, 6) is -0.833. The predicted molar refractivity (Wildman–Crippen MR) is 95.1 cm³/mol. The zero-order valence-corrected chi connectivity index (χ0v) is 14.6. The molecule has 2 aromatic rings. The molecule has 0 aliphatic carbocycles. The molecule has 1 aliphatic heterocycles. The van der Waals surface area contributed by atoms with E-state index in [9.17, 15) is 14.3 Å². The number of esters is 1. The number of rotatable bonds is 6. The minimum atomic E-state index is -1.31. The predicted octanol–water partition coefficient (Wildman–Crippen LogP) is 3.37. The van der Waals surface area contributed by atoms with Gasteiger partial charge in [-0.2, -0.15) is 0 Å². The molecule has 4 nitrogen and oxygen atoms in total. The number of hydrogen-bond acceptors (Lipinski definition) is 4. The highest BCUT2D eigenvalue weighted by molar-refractivity contribution is 5.74. The van der Waals surface area contributed by atoms with Crippen LogP contribution in [-0.2, 0) is 27.3 Å². The third-order valence-corrected chi connectivity index (χ3v) is 4.65. The van der Waals surface area contributed by atoms with Crippen molar-refractivity contribution in [3.8, 4) is 0 Å². The Balaban J connectivity index is 1.55. The Labute approximate surface area is 152 Å². The van der Waals surface area contributed by atoms with Crippen LogP contribution in [0.5, 0.6) is 0 Å². The minimum absolute atomic E-state index is 0.0264. The van der Waals surface area contributed by atoms with Gasteiger partial charge in [-0.1, -0.05) is 42.5 Å². The number of aliphatic hydroxyl groups is 1. The molecule has 5 heteroatoms. The third kappa shape index (κ3) is 4.90. The van der Waals surface area contributed by atoms with Crippen LogP contribution in [0.1, 0.15) is 35.4 Å². The molecule has 1 aliphatic rings. The summed E-state index contributed by atoms with van der Waals surface area (Å²) in [6.07, 6.45) is 0.334. The van der Waals surface area contributed by atoms with Gasteiger partial charge in [0.15, 0.2) is 6.10 Å². The fourth-order valence-electron chi connectivity index (χ4n) is 3.17. The summed E-state index contributed by atoms with van der Waals surface area (Å²) < 4.78 is 24.8. The van der Waals surface area contributed by atoms with E-state index in [1.165, 1.54) is 6.07 Å². The van der Waals surface area contributed by atoms with E-state index in [0.29, 0.717) is 24.3 Å². The van der Waals surface area contributed by atoms with Gasteiger partial charge in [0.05, 0.1) is 0 Å². The number of hydrogen-bond donors (Lipinski definition) is 1. The largest absolute Gasteiger partial charge is 0.459 e. The maximum Gasteiger partial charge on any atom is 0.335 e. The summed E-state index contributed by atoms with van der Waals surface area (Å²) in [5.41, 5.74) is 2.10. The second-order valence-electron chi connectivity index (χ2n) is 6.56. The molecule has 0 amide bonds. The Kier molecular flexibility index (Phi) is 6.36. The van der Waals surface area contributed by atoms with Gasteiger partial charge >= 0.3 is 5.97 Å². The summed E-state index contributed by atoms with van der Waals surface area (Å²) >= 11 is 0. The lowest BCUT2D eigenvalue weighted by molar-refractivity contribution is -0.154. The number of carbonyl (C=O) groups excluding carboxylic acids is 1. The quantitative estimate of drug-likeness (QED) is 0.805. The van der Waals surface area contributed by atoms with Crippen molar-refractivity contribution in [3.63, 3.8) is 0 Å². The number of carbonyl (C=O) groups is 1. The van der Waals surface area contributed by atoms with Crippen molar-refractivity contribution in [2.45, 2.75) is 37.9 Å². The average Bonchev–Trinajstić information content (AvgIpc) is 2.67.